The number of carbonyl (C=O) groups is 3. The smallest absolute Gasteiger partial charge is 0.320 e. The van der Waals surface area contributed by atoms with E-state index in [1.165, 1.54) is 12.1 Å². The number of imidazole rings is 1. The van der Waals surface area contributed by atoms with E-state index >= 15 is 4.39 Å². The van der Waals surface area contributed by atoms with E-state index in [0.29, 0.717) is 54.0 Å². The predicted octanol–water partition coefficient (Wildman–Crippen LogP) is 2.22. The van der Waals surface area contributed by atoms with E-state index in [0.717, 1.165) is 12.1 Å². The van der Waals surface area contributed by atoms with Crippen molar-refractivity contribution in [2.75, 3.05) is 26.2 Å². The third-order valence-corrected chi connectivity index (χ3v) is 7.77. The van der Waals surface area contributed by atoms with Crippen molar-refractivity contribution in [1.82, 2.24) is 34.4 Å². The first-order valence-electron chi connectivity index (χ1n) is 13.0. The second kappa shape index (κ2) is 8.77. The first-order valence-corrected chi connectivity index (χ1v) is 13.0. The van der Waals surface area contributed by atoms with Gasteiger partial charge in [-0.2, -0.15) is 0 Å². The highest BCUT2D eigenvalue weighted by Crippen LogP contribution is 2.38. The molecule has 1 fully saturated rings. The topological polar surface area (TPSA) is 104 Å². The number of benzene rings is 1. The molecule has 4 amide bonds. The highest BCUT2D eigenvalue weighted by atomic mass is 19.1. The summed E-state index contributed by atoms with van der Waals surface area (Å²) < 4.78 is 18.8. The third-order valence-electron chi connectivity index (χ3n) is 7.77. The summed E-state index contributed by atoms with van der Waals surface area (Å²) in [6.07, 6.45) is 5.14. The van der Waals surface area contributed by atoms with Crippen molar-refractivity contribution in [3.63, 3.8) is 0 Å². The first-order chi connectivity index (χ1) is 18.9. The number of piperazine rings is 1. The highest BCUT2D eigenvalue weighted by molar-refractivity contribution is 6.49. The molecule has 6 heterocycles. The Hall–Kier alpha value is -4.51. The van der Waals surface area contributed by atoms with Gasteiger partial charge in [-0.05, 0) is 36.8 Å². The number of nitrogens with one attached hydrogen (secondary N) is 2. The van der Waals surface area contributed by atoms with Crippen LogP contribution in [-0.4, -0.2) is 73.8 Å². The number of rotatable bonds is 2. The quantitative estimate of drug-likeness (QED) is 0.389. The molecule has 3 aliphatic rings. The molecule has 0 unspecified atom stereocenters. The predicted molar refractivity (Wildman–Crippen MR) is 142 cm³/mol. The van der Waals surface area contributed by atoms with Gasteiger partial charge in [0.15, 0.2) is 0 Å². The lowest BCUT2D eigenvalue weighted by Crippen LogP contribution is -2.55. The molecule has 39 heavy (non-hydrogen) atoms. The van der Waals surface area contributed by atoms with Gasteiger partial charge in [-0.15, -0.1) is 0 Å². The van der Waals surface area contributed by atoms with E-state index in [4.69, 9.17) is 0 Å². The fourth-order valence-electron chi connectivity index (χ4n) is 6.04. The van der Waals surface area contributed by atoms with Gasteiger partial charge in [0, 0.05) is 68.7 Å². The van der Waals surface area contributed by atoms with Crippen molar-refractivity contribution in [3.05, 3.63) is 71.6 Å². The number of hydrogen-bond acceptors (Lipinski definition) is 5. The Balaban J connectivity index is 1.35. The standard InChI is InChI=1S/C28H26FN7O3/c1-16-13-34(7-5-30-16)28(39)35-9-8-33-15-20(19-11-18(29)10-17(14-35)25(19)33)23-24(27(38)32-26(23)37)21-12-31-22-4-2-3-6-36(21)22/h2-4,6,10-12,15-16,30H,5,7-9,13-14H2,1H3,(H,32,37,38)/t16-/m1/s1. The fraction of sp³-hybridized carbons (Fsp3) is 0.286. The van der Waals surface area contributed by atoms with E-state index < -0.39 is 17.6 Å². The van der Waals surface area contributed by atoms with Crippen molar-refractivity contribution >= 4 is 45.5 Å². The summed E-state index contributed by atoms with van der Waals surface area (Å²) in [5.41, 5.74) is 3.40. The van der Waals surface area contributed by atoms with Crippen LogP contribution in [0.25, 0.3) is 27.7 Å². The molecular weight excluding hydrogens is 501 g/mol. The van der Waals surface area contributed by atoms with Crippen LogP contribution < -0.4 is 10.6 Å². The van der Waals surface area contributed by atoms with Crippen molar-refractivity contribution < 1.29 is 18.8 Å². The number of nitrogens with zero attached hydrogens (tertiary/aromatic N) is 5. The minimum Gasteiger partial charge on any atom is -0.345 e. The molecular formula is C28H26FN7O3. The zero-order valence-corrected chi connectivity index (χ0v) is 21.3. The van der Waals surface area contributed by atoms with Crippen molar-refractivity contribution in [2.24, 2.45) is 0 Å². The van der Waals surface area contributed by atoms with Crippen LogP contribution in [0, 0.1) is 5.82 Å². The summed E-state index contributed by atoms with van der Waals surface area (Å²) in [5.74, 6) is -1.52. The highest BCUT2D eigenvalue weighted by Gasteiger charge is 2.36. The van der Waals surface area contributed by atoms with Crippen LogP contribution in [0.15, 0.2) is 48.9 Å². The normalized spacial score (nSPS) is 19.8. The molecule has 2 N–H and O–H groups in total. The van der Waals surface area contributed by atoms with Gasteiger partial charge < -0.3 is 19.7 Å². The third kappa shape index (κ3) is 3.72. The van der Waals surface area contributed by atoms with Gasteiger partial charge in [0.2, 0.25) is 0 Å². The number of hydrogen-bond donors (Lipinski definition) is 2. The number of halogens is 1. The number of urea groups is 1. The van der Waals surface area contributed by atoms with Crippen LogP contribution in [0.4, 0.5) is 9.18 Å². The average molecular weight is 528 g/mol. The molecule has 1 saturated heterocycles. The minimum atomic E-state index is -0.535. The summed E-state index contributed by atoms with van der Waals surface area (Å²) in [5, 5.41) is 6.29. The molecule has 10 nitrogen and oxygen atoms in total. The number of pyridine rings is 1. The van der Waals surface area contributed by atoms with E-state index in [2.05, 4.69) is 15.6 Å². The van der Waals surface area contributed by atoms with Gasteiger partial charge in [-0.1, -0.05) is 6.07 Å². The Kier molecular flexibility index (Phi) is 5.31. The molecule has 1 aromatic carbocycles. The summed E-state index contributed by atoms with van der Waals surface area (Å²) in [6, 6.07) is 8.47. The molecule has 1 atom stereocenters. The maximum atomic E-state index is 15.1. The van der Waals surface area contributed by atoms with Gasteiger partial charge in [0.25, 0.3) is 11.8 Å². The summed E-state index contributed by atoms with van der Waals surface area (Å²) in [7, 11) is 0. The molecule has 3 aliphatic heterocycles. The molecule has 7 rings (SSSR count). The van der Waals surface area contributed by atoms with Crippen LogP contribution in [0.2, 0.25) is 0 Å². The van der Waals surface area contributed by atoms with Gasteiger partial charge in [-0.3, -0.25) is 19.3 Å². The lowest BCUT2D eigenvalue weighted by Gasteiger charge is -2.35. The number of carbonyl (C=O) groups excluding carboxylic acids is 3. The van der Waals surface area contributed by atoms with Gasteiger partial charge >= 0.3 is 6.03 Å². The molecule has 0 spiro atoms. The Morgan fingerprint density at radius 1 is 1.08 bits per heavy atom. The second-order valence-electron chi connectivity index (χ2n) is 10.3. The van der Waals surface area contributed by atoms with E-state index in [1.54, 1.807) is 27.9 Å². The number of fused-ring (bicyclic) bond motifs is 1. The minimum absolute atomic E-state index is 0.0647. The average Bonchev–Trinajstić information content (AvgIpc) is 3.54. The molecule has 0 saturated carbocycles. The fourth-order valence-corrected chi connectivity index (χ4v) is 6.04. The Morgan fingerprint density at radius 2 is 1.92 bits per heavy atom. The maximum absolute atomic E-state index is 15.1. The lowest BCUT2D eigenvalue weighted by molar-refractivity contribution is -0.122. The molecule has 3 aromatic heterocycles. The van der Waals surface area contributed by atoms with Gasteiger partial charge in [0.1, 0.15) is 11.5 Å². The first kappa shape index (κ1) is 23.6. The number of amides is 4. The number of imide groups is 1. The monoisotopic (exact) mass is 527 g/mol. The molecule has 0 bridgehead atoms. The lowest BCUT2D eigenvalue weighted by atomic mass is 9.98. The molecule has 0 radical (unpaired) electrons. The molecule has 198 valence electrons. The van der Waals surface area contributed by atoms with Crippen LogP contribution in [0.3, 0.4) is 0 Å². The van der Waals surface area contributed by atoms with E-state index in [-0.39, 0.29) is 29.8 Å². The molecule has 4 aromatic rings. The van der Waals surface area contributed by atoms with Gasteiger partial charge in [-0.25, -0.2) is 14.2 Å². The van der Waals surface area contributed by atoms with E-state index in [1.807, 2.05) is 34.6 Å². The van der Waals surface area contributed by atoms with Gasteiger partial charge in [0.05, 0.1) is 28.6 Å². The van der Waals surface area contributed by atoms with Crippen molar-refractivity contribution in [1.29, 1.82) is 0 Å². The Bertz CT molecular complexity index is 1740. The van der Waals surface area contributed by atoms with Crippen LogP contribution in [0.5, 0.6) is 0 Å². The van der Waals surface area contributed by atoms with Crippen LogP contribution in [0.1, 0.15) is 23.7 Å². The van der Waals surface area contributed by atoms with E-state index in [9.17, 15) is 14.4 Å². The number of aromatic nitrogens is 3. The summed E-state index contributed by atoms with van der Waals surface area (Å²) in [6.45, 7) is 5.17. The molecule has 0 aliphatic carbocycles. The maximum Gasteiger partial charge on any atom is 0.320 e. The van der Waals surface area contributed by atoms with Crippen molar-refractivity contribution in [3.8, 4) is 0 Å². The van der Waals surface area contributed by atoms with Crippen molar-refractivity contribution in [2.45, 2.75) is 26.1 Å². The zero-order valence-electron chi connectivity index (χ0n) is 21.3. The Labute approximate surface area is 222 Å². The summed E-state index contributed by atoms with van der Waals surface area (Å²) in [4.78, 5) is 47.6. The largest absolute Gasteiger partial charge is 0.345 e. The van der Waals surface area contributed by atoms with Crippen LogP contribution >= 0.6 is 0 Å². The zero-order chi connectivity index (χ0) is 26.8. The second-order valence-corrected chi connectivity index (χ2v) is 10.3. The van der Waals surface area contributed by atoms with Crippen LogP contribution in [-0.2, 0) is 22.7 Å². The summed E-state index contributed by atoms with van der Waals surface area (Å²) >= 11 is 0. The SMILES string of the molecule is C[C@@H]1CN(C(=O)N2CCn3cc(C4=C(c5cnc6ccccn56)C(=O)NC4=O)c4cc(F)cc(c43)C2)CCN1. The Morgan fingerprint density at radius 3 is 2.77 bits per heavy atom. The molecule has 11 heteroatoms.